The number of ether oxygens (including phenoxy) is 1. The molecule has 0 unspecified atom stereocenters. The molecule has 0 aliphatic rings. The zero-order chi connectivity index (χ0) is 24.9. The van der Waals surface area contributed by atoms with Gasteiger partial charge in [0.15, 0.2) is 12.5 Å². The van der Waals surface area contributed by atoms with Gasteiger partial charge in [0.25, 0.3) is 0 Å². The van der Waals surface area contributed by atoms with Crippen molar-refractivity contribution in [3.8, 4) is 5.88 Å². The molecule has 3 aromatic carbocycles. The predicted molar refractivity (Wildman–Crippen MR) is 133 cm³/mol. The Kier molecular flexibility index (Phi) is 6.93. The summed E-state index contributed by atoms with van der Waals surface area (Å²) in [6.45, 7) is 0.0895. The van der Waals surface area contributed by atoms with Crippen LogP contribution in [0.3, 0.4) is 0 Å². The number of benzene rings is 3. The minimum atomic E-state index is -1.24. The second-order valence-electron chi connectivity index (χ2n) is 8.31. The van der Waals surface area contributed by atoms with E-state index in [0.29, 0.717) is 22.2 Å². The number of H-pyrrole nitrogens is 1. The van der Waals surface area contributed by atoms with Gasteiger partial charge in [0, 0.05) is 23.0 Å². The fourth-order valence-corrected chi connectivity index (χ4v) is 3.79. The maximum absolute atomic E-state index is 12.2. The first-order valence-electron chi connectivity index (χ1n) is 10.9. The van der Waals surface area contributed by atoms with Crippen molar-refractivity contribution in [1.29, 1.82) is 0 Å². The van der Waals surface area contributed by atoms with Crippen LogP contribution in [0.4, 0.5) is 5.69 Å². The molecule has 35 heavy (non-hydrogen) atoms. The van der Waals surface area contributed by atoms with Crippen LogP contribution in [0.15, 0.2) is 77.8 Å². The second-order valence-corrected chi connectivity index (χ2v) is 8.31. The monoisotopic (exact) mass is 471 g/mol. The van der Waals surface area contributed by atoms with Gasteiger partial charge in [-0.05, 0) is 43.9 Å². The van der Waals surface area contributed by atoms with Gasteiger partial charge >= 0.3 is 11.9 Å². The van der Waals surface area contributed by atoms with Crippen molar-refractivity contribution in [3.63, 3.8) is 0 Å². The van der Waals surface area contributed by atoms with Crippen molar-refractivity contribution in [2.75, 3.05) is 20.7 Å². The van der Waals surface area contributed by atoms with Gasteiger partial charge in [-0.2, -0.15) is 0 Å². The summed E-state index contributed by atoms with van der Waals surface area (Å²) in [4.78, 5) is 32.7. The number of hydrogen-bond acceptors (Lipinski definition) is 6. The number of aliphatic carboxylic acids is 1. The number of esters is 1. The van der Waals surface area contributed by atoms with E-state index in [-0.39, 0.29) is 11.4 Å². The molecule has 0 bridgehead atoms. The SMILES string of the molecule is CN(C)Cc1ccc(N=C(c2ccccc2)c2c(O)[nH]c3cc(C(=O)OCC(=O)O)ccc23)cc1. The van der Waals surface area contributed by atoms with Crippen LogP contribution in [0, 0.1) is 0 Å². The van der Waals surface area contributed by atoms with Crippen molar-refractivity contribution in [2.45, 2.75) is 6.54 Å². The van der Waals surface area contributed by atoms with Crippen LogP contribution in [0.2, 0.25) is 0 Å². The van der Waals surface area contributed by atoms with Gasteiger partial charge in [-0.1, -0.05) is 48.5 Å². The zero-order valence-corrected chi connectivity index (χ0v) is 19.4. The number of carbonyl (C=O) groups excluding carboxylic acids is 1. The Balaban J connectivity index is 1.77. The summed E-state index contributed by atoms with van der Waals surface area (Å²) in [7, 11) is 4.02. The molecule has 8 nitrogen and oxygen atoms in total. The smallest absolute Gasteiger partial charge is 0.341 e. The molecule has 0 radical (unpaired) electrons. The van der Waals surface area contributed by atoms with Gasteiger partial charge in [-0.3, -0.25) is 0 Å². The highest BCUT2D eigenvalue weighted by Crippen LogP contribution is 2.32. The average molecular weight is 472 g/mol. The number of aromatic amines is 1. The van der Waals surface area contributed by atoms with E-state index in [2.05, 4.69) is 9.88 Å². The lowest BCUT2D eigenvalue weighted by atomic mass is 10.00. The molecule has 1 aromatic heterocycles. The highest BCUT2D eigenvalue weighted by molar-refractivity contribution is 6.22. The Hall–Kier alpha value is -4.43. The molecule has 4 aromatic rings. The summed E-state index contributed by atoms with van der Waals surface area (Å²) in [5.41, 5.74) is 4.42. The van der Waals surface area contributed by atoms with Gasteiger partial charge < -0.3 is 24.8 Å². The molecule has 0 saturated carbocycles. The van der Waals surface area contributed by atoms with Crippen molar-refractivity contribution < 1.29 is 24.5 Å². The number of aromatic nitrogens is 1. The van der Waals surface area contributed by atoms with Crippen LogP contribution in [0.5, 0.6) is 5.88 Å². The summed E-state index contributed by atoms with van der Waals surface area (Å²) in [6, 6.07) is 22.2. The molecule has 0 spiro atoms. The van der Waals surface area contributed by atoms with Crippen LogP contribution < -0.4 is 0 Å². The van der Waals surface area contributed by atoms with E-state index in [9.17, 15) is 14.7 Å². The van der Waals surface area contributed by atoms with E-state index >= 15 is 0 Å². The molecule has 8 heteroatoms. The normalized spacial score (nSPS) is 11.7. The summed E-state index contributed by atoms with van der Waals surface area (Å²) < 4.78 is 4.76. The number of aromatic hydroxyl groups is 1. The minimum absolute atomic E-state index is 0.0946. The van der Waals surface area contributed by atoms with Crippen LogP contribution in [0.1, 0.15) is 27.0 Å². The van der Waals surface area contributed by atoms with Crippen LogP contribution >= 0.6 is 0 Å². The lowest BCUT2D eigenvalue weighted by molar-refractivity contribution is -0.140. The van der Waals surface area contributed by atoms with Crippen molar-refractivity contribution in [2.24, 2.45) is 4.99 Å². The first-order chi connectivity index (χ1) is 16.8. The Morgan fingerprint density at radius 1 is 0.971 bits per heavy atom. The topological polar surface area (TPSA) is 115 Å². The quantitative estimate of drug-likeness (QED) is 0.260. The number of hydrogen-bond donors (Lipinski definition) is 3. The van der Waals surface area contributed by atoms with Gasteiger partial charge in [0.05, 0.1) is 22.5 Å². The molecular weight excluding hydrogens is 446 g/mol. The molecule has 0 fully saturated rings. The Morgan fingerprint density at radius 3 is 2.34 bits per heavy atom. The van der Waals surface area contributed by atoms with Crippen LogP contribution in [-0.2, 0) is 16.1 Å². The van der Waals surface area contributed by atoms with E-state index in [1.54, 1.807) is 6.07 Å². The number of fused-ring (bicyclic) bond motifs is 1. The van der Waals surface area contributed by atoms with Crippen molar-refractivity contribution >= 4 is 34.2 Å². The summed E-state index contributed by atoms with van der Waals surface area (Å²) in [5.74, 6) is -2.10. The Morgan fingerprint density at radius 2 is 1.69 bits per heavy atom. The van der Waals surface area contributed by atoms with Crippen LogP contribution in [0.25, 0.3) is 10.9 Å². The van der Waals surface area contributed by atoms with E-state index in [1.165, 1.54) is 12.1 Å². The molecule has 0 aliphatic heterocycles. The highest BCUT2D eigenvalue weighted by Gasteiger charge is 2.20. The average Bonchev–Trinajstić information content (AvgIpc) is 3.17. The first kappa shape index (κ1) is 23.7. The molecule has 4 rings (SSSR count). The van der Waals surface area contributed by atoms with E-state index < -0.39 is 18.5 Å². The first-order valence-corrected chi connectivity index (χ1v) is 10.9. The largest absolute Gasteiger partial charge is 0.494 e. The Bertz CT molecular complexity index is 1390. The molecular formula is C27H25N3O5. The van der Waals surface area contributed by atoms with Gasteiger partial charge in [-0.15, -0.1) is 0 Å². The number of carboxylic acid groups (broad SMARTS) is 1. The van der Waals surface area contributed by atoms with Crippen molar-refractivity contribution in [1.82, 2.24) is 9.88 Å². The summed E-state index contributed by atoms with van der Waals surface area (Å²) >= 11 is 0. The lowest BCUT2D eigenvalue weighted by Crippen LogP contribution is -2.13. The fraction of sp³-hybridized carbons (Fsp3) is 0.148. The fourth-order valence-electron chi connectivity index (χ4n) is 3.79. The number of aliphatic imine (C=N–C) groups is 1. The molecule has 0 atom stereocenters. The van der Waals surface area contributed by atoms with Gasteiger partial charge in [-0.25, -0.2) is 14.6 Å². The Labute approximate surface area is 202 Å². The predicted octanol–water partition coefficient (Wildman–Crippen LogP) is 4.35. The number of nitrogens with zero attached hydrogens (tertiary/aromatic N) is 2. The molecule has 178 valence electrons. The van der Waals surface area contributed by atoms with E-state index in [0.717, 1.165) is 23.4 Å². The van der Waals surface area contributed by atoms with Gasteiger partial charge in [0.2, 0.25) is 0 Å². The number of rotatable bonds is 8. The molecule has 3 N–H and O–H groups in total. The maximum Gasteiger partial charge on any atom is 0.341 e. The van der Waals surface area contributed by atoms with E-state index in [1.807, 2.05) is 68.7 Å². The highest BCUT2D eigenvalue weighted by atomic mass is 16.5. The summed E-state index contributed by atoms with van der Waals surface area (Å²) in [6.07, 6.45) is 0. The van der Waals surface area contributed by atoms with Gasteiger partial charge in [0.1, 0.15) is 0 Å². The van der Waals surface area contributed by atoms with Crippen LogP contribution in [-0.4, -0.2) is 58.4 Å². The maximum atomic E-state index is 12.2. The number of carboxylic acids is 1. The number of nitrogens with one attached hydrogen (secondary N) is 1. The second kappa shape index (κ2) is 10.2. The molecule has 0 saturated heterocycles. The molecule has 0 aliphatic carbocycles. The molecule has 0 amide bonds. The standard InChI is InChI=1S/C27H25N3O5/c1-30(2)15-17-8-11-20(12-9-17)28-25(18-6-4-3-5-7-18)24-21-13-10-19(14-22(21)29-26(24)33)27(34)35-16-23(31)32/h3-14,29,33H,15-16H2,1-2H3,(H,31,32). The third-order valence-electron chi connectivity index (χ3n) is 5.30. The molecule has 1 heterocycles. The third-order valence-corrected chi connectivity index (χ3v) is 5.30. The minimum Gasteiger partial charge on any atom is -0.494 e. The van der Waals surface area contributed by atoms with E-state index in [4.69, 9.17) is 14.8 Å². The summed E-state index contributed by atoms with van der Waals surface area (Å²) in [5, 5.41) is 20.2. The third kappa shape index (κ3) is 5.56. The van der Waals surface area contributed by atoms with Crippen molar-refractivity contribution in [3.05, 3.63) is 95.1 Å². The lowest BCUT2D eigenvalue weighted by Gasteiger charge is -2.10. The number of carbonyl (C=O) groups is 2. The zero-order valence-electron chi connectivity index (χ0n) is 19.4.